The molecule has 2 aliphatic rings. The van der Waals surface area contributed by atoms with E-state index in [9.17, 15) is 8.78 Å². The van der Waals surface area contributed by atoms with Crippen molar-refractivity contribution in [1.29, 1.82) is 0 Å². The third-order valence-corrected chi connectivity index (χ3v) is 5.36. The molecule has 7 heteroatoms. The number of aromatic nitrogens is 4. The number of nitrogens with zero attached hydrogens (tertiary/aromatic N) is 5. The van der Waals surface area contributed by atoms with E-state index in [4.69, 9.17) is 0 Å². The molecular weight excluding hydrogens is 336 g/mol. The quantitative estimate of drug-likeness (QED) is 0.791. The lowest BCUT2D eigenvalue weighted by atomic mass is 10.0. The van der Waals surface area contributed by atoms with Crippen LogP contribution >= 0.6 is 0 Å². The zero-order chi connectivity index (χ0) is 18.4. The first kappa shape index (κ1) is 17.1. The first-order chi connectivity index (χ1) is 12.4. The lowest BCUT2D eigenvalue weighted by molar-refractivity contribution is 0.119. The maximum absolute atomic E-state index is 13.1. The summed E-state index contributed by atoms with van der Waals surface area (Å²) in [5, 5.41) is 4.37. The normalized spacial score (nSPS) is 22.6. The van der Waals surface area contributed by atoms with Crippen molar-refractivity contribution in [2.75, 3.05) is 18.0 Å². The van der Waals surface area contributed by atoms with Gasteiger partial charge in [0.15, 0.2) is 0 Å². The van der Waals surface area contributed by atoms with E-state index in [-0.39, 0.29) is 0 Å². The highest BCUT2D eigenvalue weighted by atomic mass is 19.3. The highest BCUT2D eigenvalue weighted by Crippen LogP contribution is 2.45. The fourth-order valence-corrected chi connectivity index (χ4v) is 3.64. The predicted molar refractivity (Wildman–Crippen MR) is 96.3 cm³/mol. The molecule has 3 heterocycles. The second-order valence-electron chi connectivity index (χ2n) is 7.58. The van der Waals surface area contributed by atoms with Gasteiger partial charge in [0, 0.05) is 42.8 Å². The summed E-state index contributed by atoms with van der Waals surface area (Å²) in [6.45, 7) is 9.74. The maximum Gasteiger partial charge on any atom is 0.246 e. The van der Waals surface area contributed by atoms with Gasteiger partial charge in [-0.25, -0.2) is 18.7 Å². The standard InChI is InChI=1S/C19H23F2N5/c1-11(2)16-10-26(24-17(16)12(3)18(20)21)7-13-5-22-19(23-6-13)25-8-14-4-15(14)9-25/h5-6,10,12,14-15,18H,1,4,7-9H2,2-3H3. The third-order valence-electron chi connectivity index (χ3n) is 5.36. The van der Waals surface area contributed by atoms with Gasteiger partial charge < -0.3 is 4.90 Å². The van der Waals surface area contributed by atoms with E-state index in [0.717, 1.165) is 42.0 Å². The van der Waals surface area contributed by atoms with Crippen LogP contribution in [0.2, 0.25) is 0 Å². The van der Waals surface area contributed by atoms with E-state index in [1.165, 1.54) is 13.3 Å². The number of alkyl halides is 2. The first-order valence-electron chi connectivity index (χ1n) is 8.99. The number of anilines is 1. The van der Waals surface area contributed by atoms with Gasteiger partial charge in [0.25, 0.3) is 0 Å². The molecule has 3 unspecified atom stereocenters. The van der Waals surface area contributed by atoms with Gasteiger partial charge in [-0.3, -0.25) is 4.68 Å². The maximum atomic E-state index is 13.1. The molecular formula is C19H23F2N5. The summed E-state index contributed by atoms with van der Waals surface area (Å²) in [7, 11) is 0. The van der Waals surface area contributed by atoms with Crippen molar-refractivity contribution in [3.05, 3.63) is 42.0 Å². The molecule has 0 bridgehead atoms. The van der Waals surface area contributed by atoms with Gasteiger partial charge in [-0.05, 0) is 30.8 Å². The minimum absolute atomic E-state index is 0.390. The summed E-state index contributed by atoms with van der Waals surface area (Å²) in [5.41, 5.74) is 2.70. The lowest BCUT2D eigenvalue weighted by Gasteiger charge is -2.17. The highest BCUT2D eigenvalue weighted by molar-refractivity contribution is 5.63. The molecule has 26 heavy (non-hydrogen) atoms. The molecule has 5 nitrogen and oxygen atoms in total. The number of fused-ring (bicyclic) bond motifs is 1. The average molecular weight is 359 g/mol. The molecule has 0 spiro atoms. The van der Waals surface area contributed by atoms with Gasteiger partial charge in [-0.1, -0.05) is 13.5 Å². The molecule has 1 saturated carbocycles. The van der Waals surface area contributed by atoms with E-state index < -0.39 is 12.3 Å². The largest absolute Gasteiger partial charge is 0.340 e. The average Bonchev–Trinajstić information content (AvgIpc) is 3.03. The van der Waals surface area contributed by atoms with Crippen LogP contribution in [0.1, 0.15) is 43.0 Å². The summed E-state index contributed by atoms with van der Waals surface area (Å²) >= 11 is 0. The van der Waals surface area contributed by atoms with Crippen molar-refractivity contribution in [2.24, 2.45) is 11.8 Å². The van der Waals surface area contributed by atoms with Gasteiger partial charge in [0.05, 0.1) is 18.2 Å². The second kappa shape index (κ2) is 6.45. The SMILES string of the molecule is C=C(C)c1cn(Cc2cnc(N3CC4CC4C3)nc2)nc1C(C)C(F)F. The van der Waals surface area contributed by atoms with E-state index in [1.807, 2.05) is 6.92 Å². The number of halogens is 2. The van der Waals surface area contributed by atoms with Gasteiger partial charge in [-0.2, -0.15) is 5.10 Å². The Morgan fingerprint density at radius 3 is 2.50 bits per heavy atom. The van der Waals surface area contributed by atoms with Crippen molar-refractivity contribution < 1.29 is 8.78 Å². The Morgan fingerprint density at radius 2 is 1.92 bits per heavy atom. The van der Waals surface area contributed by atoms with Crippen LogP contribution in [-0.2, 0) is 6.54 Å². The Balaban J connectivity index is 1.49. The number of allylic oxidation sites excluding steroid dienone is 1. The zero-order valence-corrected chi connectivity index (χ0v) is 15.1. The molecule has 2 fully saturated rings. The third kappa shape index (κ3) is 3.22. The van der Waals surface area contributed by atoms with Crippen LogP contribution in [0.25, 0.3) is 5.57 Å². The van der Waals surface area contributed by atoms with Gasteiger partial charge in [0.2, 0.25) is 12.4 Å². The van der Waals surface area contributed by atoms with Crippen LogP contribution in [0.3, 0.4) is 0 Å². The minimum atomic E-state index is -2.45. The number of rotatable bonds is 6. The summed E-state index contributed by atoms with van der Waals surface area (Å²) in [4.78, 5) is 11.2. The van der Waals surface area contributed by atoms with Crippen LogP contribution in [0.15, 0.2) is 25.2 Å². The van der Waals surface area contributed by atoms with Crippen molar-refractivity contribution in [2.45, 2.75) is 39.2 Å². The zero-order valence-electron chi connectivity index (χ0n) is 15.1. The second-order valence-corrected chi connectivity index (χ2v) is 7.58. The van der Waals surface area contributed by atoms with Crippen molar-refractivity contribution >= 4 is 11.5 Å². The van der Waals surface area contributed by atoms with Crippen molar-refractivity contribution in [3.63, 3.8) is 0 Å². The van der Waals surface area contributed by atoms with Crippen LogP contribution in [0, 0.1) is 11.8 Å². The van der Waals surface area contributed by atoms with E-state index in [2.05, 4.69) is 26.5 Å². The first-order valence-corrected chi connectivity index (χ1v) is 8.99. The van der Waals surface area contributed by atoms with E-state index in [1.54, 1.807) is 23.3 Å². The Morgan fingerprint density at radius 1 is 1.27 bits per heavy atom. The predicted octanol–water partition coefficient (Wildman–Crippen LogP) is 3.58. The molecule has 2 aromatic rings. The Kier molecular flexibility index (Phi) is 4.25. The Labute approximate surface area is 151 Å². The van der Waals surface area contributed by atoms with Crippen LogP contribution < -0.4 is 4.90 Å². The van der Waals surface area contributed by atoms with E-state index >= 15 is 0 Å². The Bertz CT molecular complexity index is 804. The molecule has 4 rings (SSSR count). The molecule has 0 amide bonds. The molecule has 0 radical (unpaired) electrons. The molecule has 1 aliphatic heterocycles. The van der Waals surface area contributed by atoms with Crippen molar-refractivity contribution in [1.82, 2.24) is 19.7 Å². The molecule has 0 N–H and O–H groups in total. The Hall–Kier alpha value is -2.31. The number of hydrogen-bond donors (Lipinski definition) is 0. The van der Waals surface area contributed by atoms with E-state index in [0.29, 0.717) is 17.8 Å². The fraction of sp³-hybridized carbons (Fsp3) is 0.526. The topological polar surface area (TPSA) is 46.8 Å². The summed E-state index contributed by atoms with van der Waals surface area (Å²) in [6, 6.07) is 0. The number of piperidine rings is 1. The lowest BCUT2D eigenvalue weighted by Crippen LogP contribution is -2.24. The molecule has 138 valence electrons. The van der Waals surface area contributed by atoms with Crippen LogP contribution in [0.4, 0.5) is 14.7 Å². The summed E-state index contributed by atoms with van der Waals surface area (Å²) in [6.07, 6.45) is 4.26. The summed E-state index contributed by atoms with van der Waals surface area (Å²) < 4.78 is 27.9. The smallest absolute Gasteiger partial charge is 0.246 e. The summed E-state index contributed by atoms with van der Waals surface area (Å²) in [5.74, 6) is 1.51. The van der Waals surface area contributed by atoms with Gasteiger partial charge >= 0.3 is 0 Å². The molecule has 1 aliphatic carbocycles. The van der Waals surface area contributed by atoms with Gasteiger partial charge in [-0.15, -0.1) is 0 Å². The highest BCUT2D eigenvalue weighted by Gasteiger charge is 2.45. The molecule has 1 saturated heterocycles. The van der Waals surface area contributed by atoms with Crippen LogP contribution in [-0.4, -0.2) is 39.3 Å². The monoisotopic (exact) mass is 359 g/mol. The number of hydrogen-bond acceptors (Lipinski definition) is 4. The molecule has 0 aromatic carbocycles. The van der Waals surface area contributed by atoms with Crippen LogP contribution in [0.5, 0.6) is 0 Å². The van der Waals surface area contributed by atoms with Gasteiger partial charge in [0.1, 0.15) is 0 Å². The van der Waals surface area contributed by atoms with Crippen molar-refractivity contribution in [3.8, 4) is 0 Å². The molecule has 3 atom stereocenters. The fourth-order valence-electron chi connectivity index (χ4n) is 3.64. The molecule has 2 aromatic heterocycles. The minimum Gasteiger partial charge on any atom is -0.340 e.